The van der Waals surface area contributed by atoms with Crippen LogP contribution in [0.3, 0.4) is 0 Å². The molecule has 1 rings (SSSR count). The number of nitrogens with two attached hydrogens (primary N) is 1. The number of benzene rings is 1. The molecule has 0 saturated carbocycles. The number of rotatable bonds is 4. The van der Waals surface area contributed by atoms with Crippen molar-refractivity contribution in [2.75, 3.05) is 20.6 Å². The summed E-state index contributed by atoms with van der Waals surface area (Å²) >= 11 is 0. The highest BCUT2D eigenvalue weighted by atomic mass is 35.5. The molecule has 0 amide bonds. The molecule has 17 heavy (non-hydrogen) atoms. The quantitative estimate of drug-likeness (QED) is 0.912. The minimum absolute atomic E-state index is 0. The van der Waals surface area contributed by atoms with E-state index < -0.39 is 0 Å². The molecule has 0 bridgehead atoms. The zero-order chi connectivity index (χ0) is 11.3. The topological polar surface area (TPSA) is 53.0 Å². The third kappa shape index (κ3) is 5.90. The van der Waals surface area contributed by atoms with Crippen LogP contribution in [0, 0.1) is 11.3 Å². The van der Waals surface area contributed by atoms with Crippen molar-refractivity contribution in [2.45, 2.75) is 12.5 Å². The van der Waals surface area contributed by atoms with Crippen LogP contribution in [0.15, 0.2) is 24.3 Å². The summed E-state index contributed by atoms with van der Waals surface area (Å²) in [4.78, 5) is 2.12. The third-order valence-corrected chi connectivity index (χ3v) is 2.56. The third-order valence-electron chi connectivity index (χ3n) is 2.56. The molecule has 0 heterocycles. The minimum Gasteiger partial charge on any atom is -0.329 e. The van der Waals surface area contributed by atoms with Gasteiger partial charge in [-0.15, -0.1) is 24.8 Å². The molecule has 1 aromatic carbocycles. The zero-order valence-electron chi connectivity index (χ0n) is 10.1. The Morgan fingerprint density at radius 1 is 1.24 bits per heavy atom. The standard InChI is InChI=1S/C12H17N3.2ClH/c1-15(2)12(9-14)7-10-3-5-11(8-13)6-4-10;;/h3-6,12H,7,9,14H2,1-2H3;2*1H/t12-;;/m0../s1. The molecule has 0 aliphatic heterocycles. The molecule has 96 valence electrons. The lowest BCUT2D eigenvalue weighted by atomic mass is 10.0. The highest BCUT2D eigenvalue weighted by molar-refractivity contribution is 5.85. The van der Waals surface area contributed by atoms with Crippen molar-refractivity contribution in [3.63, 3.8) is 0 Å². The van der Waals surface area contributed by atoms with E-state index >= 15 is 0 Å². The first kappa shape index (κ1) is 18.6. The molecular formula is C12H19Cl2N3. The van der Waals surface area contributed by atoms with Gasteiger partial charge in [0.1, 0.15) is 0 Å². The first-order valence-corrected chi connectivity index (χ1v) is 5.03. The molecule has 0 aliphatic carbocycles. The highest BCUT2D eigenvalue weighted by Crippen LogP contribution is 2.08. The van der Waals surface area contributed by atoms with Gasteiger partial charge in [-0.25, -0.2) is 0 Å². The molecule has 0 aromatic heterocycles. The average Bonchev–Trinajstić information content (AvgIpc) is 2.26. The summed E-state index contributed by atoms with van der Waals surface area (Å²) in [5.74, 6) is 0. The second-order valence-corrected chi connectivity index (χ2v) is 3.87. The normalized spacial score (nSPS) is 11.0. The molecule has 0 unspecified atom stereocenters. The summed E-state index contributed by atoms with van der Waals surface area (Å²) < 4.78 is 0. The fourth-order valence-corrected chi connectivity index (χ4v) is 1.46. The summed E-state index contributed by atoms with van der Waals surface area (Å²) in [6.45, 7) is 0.646. The fraction of sp³-hybridized carbons (Fsp3) is 0.417. The van der Waals surface area contributed by atoms with Gasteiger partial charge in [0.2, 0.25) is 0 Å². The second kappa shape index (κ2) is 9.26. The van der Waals surface area contributed by atoms with Gasteiger partial charge >= 0.3 is 0 Å². The summed E-state index contributed by atoms with van der Waals surface area (Å²) in [5.41, 5.74) is 7.61. The predicted molar refractivity (Wildman–Crippen MR) is 75.9 cm³/mol. The number of likely N-dealkylation sites (N-methyl/N-ethyl adjacent to an activating group) is 1. The minimum atomic E-state index is 0. The Morgan fingerprint density at radius 2 is 1.76 bits per heavy atom. The zero-order valence-corrected chi connectivity index (χ0v) is 11.7. The molecule has 0 radical (unpaired) electrons. The summed E-state index contributed by atoms with van der Waals surface area (Å²) in [6.07, 6.45) is 0.926. The summed E-state index contributed by atoms with van der Waals surface area (Å²) in [6, 6.07) is 10.1. The van der Waals surface area contributed by atoms with Gasteiger partial charge in [-0.3, -0.25) is 0 Å². The fourth-order valence-electron chi connectivity index (χ4n) is 1.46. The molecule has 0 fully saturated rings. The molecule has 0 aliphatic rings. The van der Waals surface area contributed by atoms with Gasteiger partial charge in [-0.05, 0) is 38.2 Å². The molecule has 0 spiro atoms. The SMILES string of the molecule is CN(C)[C@H](CN)Cc1ccc(C#N)cc1.Cl.Cl. The van der Waals surface area contributed by atoms with Gasteiger partial charge < -0.3 is 10.6 Å². The van der Waals surface area contributed by atoms with Crippen LogP contribution in [-0.2, 0) is 6.42 Å². The van der Waals surface area contributed by atoms with Crippen molar-refractivity contribution in [3.05, 3.63) is 35.4 Å². The maximum absolute atomic E-state index is 8.67. The Balaban J connectivity index is 0. The van der Waals surface area contributed by atoms with Crippen molar-refractivity contribution >= 4 is 24.8 Å². The van der Waals surface area contributed by atoms with E-state index in [-0.39, 0.29) is 24.8 Å². The molecule has 3 nitrogen and oxygen atoms in total. The lowest BCUT2D eigenvalue weighted by Crippen LogP contribution is -2.36. The van der Waals surface area contributed by atoms with Crippen molar-refractivity contribution in [1.82, 2.24) is 4.90 Å². The Kier molecular flexibility index (Phi) is 10.1. The number of halogens is 2. The number of nitrogens with zero attached hydrogens (tertiary/aromatic N) is 2. The Morgan fingerprint density at radius 3 is 2.12 bits per heavy atom. The van der Waals surface area contributed by atoms with Crippen molar-refractivity contribution < 1.29 is 0 Å². The first-order chi connectivity index (χ1) is 7.17. The smallest absolute Gasteiger partial charge is 0.0991 e. The average molecular weight is 276 g/mol. The monoisotopic (exact) mass is 275 g/mol. The van der Waals surface area contributed by atoms with Crippen molar-refractivity contribution in [1.29, 1.82) is 5.26 Å². The van der Waals surface area contributed by atoms with Gasteiger partial charge in [-0.1, -0.05) is 12.1 Å². The van der Waals surface area contributed by atoms with E-state index in [1.54, 1.807) is 0 Å². The molecule has 5 heteroatoms. The van der Waals surface area contributed by atoms with E-state index in [9.17, 15) is 0 Å². The van der Waals surface area contributed by atoms with Gasteiger partial charge in [0.05, 0.1) is 11.6 Å². The lowest BCUT2D eigenvalue weighted by Gasteiger charge is -2.22. The Bertz CT molecular complexity index is 344. The van der Waals surface area contributed by atoms with Gasteiger partial charge in [-0.2, -0.15) is 5.26 Å². The van der Waals surface area contributed by atoms with E-state index in [1.165, 1.54) is 5.56 Å². The maximum Gasteiger partial charge on any atom is 0.0991 e. The summed E-state index contributed by atoms with van der Waals surface area (Å²) in [7, 11) is 4.06. The molecule has 0 saturated heterocycles. The van der Waals surface area contributed by atoms with Crippen molar-refractivity contribution in [2.24, 2.45) is 5.73 Å². The van der Waals surface area contributed by atoms with Crippen molar-refractivity contribution in [3.8, 4) is 6.07 Å². The largest absolute Gasteiger partial charge is 0.329 e. The Hall–Kier alpha value is -0.790. The maximum atomic E-state index is 8.67. The van der Waals surface area contributed by atoms with E-state index in [0.717, 1.165) is 6.42 Å². The van der Waals surface area contributed by atoms with Crippen LogP contribution in [-0.4, -0.2) is 31.6 Å². The van der Waals surface area contributed by atoms with Crippen LogP contribution in [0.5, 0.6) is 0 Å². The first-order valence-electron chi connectivity index (χ1n) is 5.03. The van der Waals surface area contributed by atoms with Crippen LogP contribution in [0.4, 0.5) is 0 Å². The van der Waals surface area contributed by atoms with Crippen LogP contribution < -0.4 is 5.73 Å². The number of hydrogen-bond acceptors (Lipinski definition) is 3. The Labute approximate surface area is 115 Å². The number of nitriles is 1. The van der Waals surface area contributed by atoms with E-state index in [0.29, 0.717) is 18.2 Å². The predicted octanol–water partition coefficient (Wildman–Crippen LogP) is 1.83. The van der Waals surface area contributed by atoms with Crippen LogP contribution >= 0.6 is 24.8 Å². The summed E-state index contributed by atoms with van der Waals surface area (Å²) in [5, 5.41) is 8.67. The lowest BCUT2D eigenvalue weighted by molar-refractivity contribution is 0.298. The number of hydrogen-bond donors (Lipinski definition) is 1. The second-order valence-electron chi connectivity index (χ2n) is 3.87. The highest BCUT2D eigenvalue weighted by Gasteiger charge is 2.09. The molecule has 1 aromatic rings. The molecule has 2 N–H and O–H groups in total. The van der Waals surface area contributed by atoms with E-state index in [2.05, 4.69) is 11.0 Å². The van der Waals surface area contributed by atoms with Crippen LogP contribution in [0.1, 0.15) is 11.1 Å². The van der Waals surface area contributed by atoms with Crippen LogP contribution in [0.2, 0.25) is 0 Å². The van der Waals surface area contributed by atoms with E-state index in [4.69, 9.17) is 11.0 Å². The van der Waals surface area contributed by atoms with Gasteiger partial charge in [0.25, 0.3) is 0 Å². The molecular weight excluding hydrogens is 257 g/mol. The molecule has 1 atom stereocenters. The van der Waals surface area contributed by atoms with Gasteiger partial charge in [0.15, 0.2) is 0 Å². The van der Waals surface area contributed by atoms with E-state index in [1.807, 2.05) is 38.4 Å². The van der Waals surface area contributed by atoms with Gasteiger partial charge in [0, 0.05) is 12.6 Å². The van der Waals surface area contributed by atoms with Crippen LogP contribution in [0.25, 0.3) is 0 Å².